The second kappa shape index (κ2) is 23.7. The fourth-order valence-corrected chi connectivity index (χ4v) is 4.89. The van der Waals surface area contributed by atoms with E-state index in [1.165, 1.54) is 57.8 Å². The van der Waals surface area contributed by atoms with Crippen molar-refractivity contribution in [3.05, 3.63) is 0 Å². The van der Waals surface area contributed by atoms with E-state index in [2.05, 4.69) is 6.92 Å². The van der Waals surface area contributed by atoms with E-state index < -0.39 is 15.4 Å². The average Bonchev–Trinajstić information content (AvgIpc) is 2.67. The minimum absolute atomic E-state index is 0. The van der Waals surface area contributed by atoms with E-state index >= 15 is 0 Å². The molecule has 6 heteroatoms. The quantitative estimate of drug-likeness (QED) is 0.146. The molecule has 0 amide bonds. The van der Waals surface area contributed by atoms with E-state index in [0.29, 0.717) is 12.8 Å². The summed E-state index contributed by atoms with van der Waals surface area (Å²) < 4.78 is 33.9. The zero-order valence-corrected chi connectivity index (χ0v) is 24.3. The van der Waals surface area contributed by atoms with Crippen molar-refractivity contribution >= 4 is 10.1 Å². The largest absolute Gasteiger partial charge is 1.00 e. The third-order valence-corrected chi connectivity index (χ3v) is 7.28. The molecule has 2 atom stereocenters. The van der Waals surface area contributed by atoms with Crippen LogP contribution in [0.15, 0.2) is 0 Å². The van der Waals surface area contributed by atoms with Gasteiger partial charge in [-0.2, -0.15) is 0 Å². The van der Waals surface area contributed by atoms with Gasteiger partial charge in [0.25, 0.3) is 0 Å². The fraction of sp³-hybridized carbons (Fsp3) is 1.00. The molecule has 0 saturated heterocycles. The van der Waals surface area contributed by atoms with Gasteiger partial charge in [-0.25, -0.2) is 8.42 Å². The Kier molecular flexibility index (Phi) is 26.6. The Morgan fingerprint density at radius 2 is 0.933 bits per heavy atom. The molecule has 2 unspecified atom stereocenters. The molecule has 0 fully saturated rings. The van der Waals surface area contributed by atoms with E-state index in [9.17, 15) is 18.1 Å². The Labute approximate surface area is 230 Å². The maximum Gasteiger partial charge on any atom is 1.00 e. The summed E-state index contributed by atoms with van der Waals surface area (Å²) in [6, 6.07) is 0. The fourth-order valence-electron chi connectivity index (χ4n) is 3.98. The first-order chi connectivity index (χ1) is 13.9. The second-order valence-electron chi connectivity index (χ2n) is 8.87. The molecule has 0 aromatic carbocycles. The first-order valence-corrected chi connectivity index (χ1v) is 14.0. The predicted molar refractivity (Wildman–Crippen MR) is 123 cm³/mol. The molecule has 0 heterocycles. The molecule has 1 N–H and O–H groups in total. The van der Waals surface area contributed by atoms with Crippen LogP contribution in [0.4, 0.5) is 0 Å². The van der Waals surface area contributed by atoms with Crippen LogP contribution in [0, 0.1) is 0 Å². The molecule has 0 spiro atoms. The van der Waals surface area contributed by atoms with Crippen LogP contribution < -0.4 is 51.4 Å². The number of aliphatic hydroxyl groups excluding tert-OH is 1. The number of aliphatic hydroxyl groups is 1. The summed E-state index contributed by atoms with van der Waals surface area (Å²) in [7, 11) is -4.13. The van der Waals surface area contributed by atoms with Gasteiger partial charge in [0.1, 0.15) is 0 Å². The first-order valence-electron chi connectivity index (χ1n) is 12.5. The zero-order valence-electron chi connectivity index (χ0n) is 20.4. The zero-order chi connectivity index (χ0) is 21.8. The Morgan fingerprint density at radius 3 is 1.33 bits per heavy atom. The van der Waals surface area contributed by atoms with Gasteiger partial charge in [-0.15, -0.1) is 0 Å². The number of hydrogen-bond donors (Lipinski definition) is 1. The van der Waals surface area contributed by atoms with E-state index in [0.717, 1.165) is 57.8 Å². The normalized spacial score (nSPS) is 13.7. The van der Waals surface area contributed by atoms with Crippen molar-refractivity contribution in [2.75, 3.05) is 0 Å². The minimum atomic E-state index is -4.13. The predicted octanol–water partition coefficient (Wildman–Crippen LogP) is 4.11. The van der Waals surface area contributed by atoms with Crippen LogP contribution in [0.2, 0.25) is 0 Å². The Hall–Kier alpha value is 1.51. The van der Waals surface area contributed by atoms with Crippen molar-refractivity contribution in [2.45, 2.75) is 154 Å². The van der Waals surface area contributed by atoms with Gasteiger partial charge in [-0.3, -0.25) is 0 Å². The topological polar surface area (TPSA) is 77.4 Å². The van der Waals surface area contributed by atoms with Gasteiger partial charge in [0.2, 0.25) is 0 Å². The molecule has 30 heavy (non-hydrogen) atoms. The van der Waals surface area contributed by atoms with Gasteiger partial charge >= 0.3 is 51.4 Å². The van der Waals surface area contributed by atoms with Crippen molar-refractivity contribution in [2.24, 2.45) is 0 Å². The maximum atomic E-state index is 11.3. The summed E-state index contributed by atoms with van der Waals surface area (Å²) >= 11 is 0. The maximum absolute atomic E-state index is 11.3. The molecule has 0 rings (SSSR count). The smallest absolute Gasteiger partial charge is 0.748 e. The van der Waals surface area contributed by atoms with Crippen LogP contribution in [-0.4, -0.2) is 29.4 Å². The van der Waals surface area contributed by atoms with Crippen molar-refractivity contribution in [3.63, 3.8) is 0 Å². The van der Waals surface area contributed by atoms with Gasteiger partial charge in [0, 0.05) is 5.25 Å². The second-order valence-corrected chi connectivity index (χ2v) is 10.5. The monoisotopic (exact) mass is 472 g/mol. The average molecular weight is 473 g/mol. The summed E-state index contributed by atoms with van der Waals surface area (Å²) in [5.41, 5.74) is 0. The van der Waals surface area contributed by atoms with Crippen LogP contribution >= 0.6 is 0 Å². The third kappa shape index (κ3) is 22.7. The molecular weight excluding hydrogens is 423 g/mol. The summed E-state index contributed by atoms with van der Waals surface area (Å²) in [6.07, 6.45) is 21.2. The number of hydrogen-bond acceptors (Lipinski definition) is 4. The van der Waals surface area contributed by atoms with Gasteiger partial charge in [0.05, 0.1) is 16.2 Å². The Morgan fingerprint density at radius 1 is 0.600 bits per heavy atom. The van der Waals surface area contributed by atoms with E-state index in [4.69, 9.17) is 0 Å². The molecule has 0 aromatic rings. The van der Waals surface area contributed by atoms with E-state index in [1.807, 2.05) is 6.92 Å². The Bertz CT molecular complexity index is 442. The van der Waals surface area contributed by atoms with E-state index in [1.54, 1.807) is 0 Å². The summed E-state index contributed by atoms with van der Waals surface area (Å²) in [4.78, 5) is 0. The number of unbranched alkanes of at least 4 members (excludes halogenated alkanes) is 13. The van der Waals surface area contributed by atoms with Crippen LogP contribution in [-0.2, 0) is 10.1 Å². The van der Waals surface area contributed by atoms with Crippen molar-refractivity contribution in [3.8, 4) is 0 Å². The summed E-state index contributed by atoms with van der Waals surface area (Å²) in [6.45, 7) is 4.25. The summed E-state index contributed by atoms with van der Waals surface area (Å²) in [5, 5.41) is 9.37. The van der Waals surface area contributed by atoms with Gasteiger partial charge in [-0.1, -0.05) is 117 Å². The molecule has 0 aliphatic rings. The molecule has 0 aliphatic carbocycles. The first kappa shape index (κ1) is 33.7. The van der Waals surface area contributed by atoms with Crippen LogP contribution in [0.1, 0.15) is 142 Å². The van der Waals surface area contributed by atoms with E-state index in [-0.39, 0.29) is 57.5 Å². The van der Waals surface area contributed by atoms with Gasteiger partial charge in [-0.05, 0) is 25.7 Å². The molecule has 4 nitrogen and oxygen atoms in total. The van der Waals surface area contributed by atoms with Gasteiger partial charge < -0.3 is 9.66 Å². The molecule has 0 aromatic heterocycles. The molecule has 176 valence electrons. The molecule has 0 aliphatic heterocycles. The molecule has 0 bridgehead atoms. The summed E-state index contributed by atoms with van der Waals surface area (Å²) in [5.74, 6) is 0. The number of rotatable bonds is 22. The van der Waals surface area contributed by atoms with Gasteiger partial charge in [0.15, 0.2) is 0 Å². The third-order valence-electron chi connectivity index (χ3n) is 5.99. The van der Waals surface area contributed by atoms with Crippen LogP contribution in [0.3, 0.4) is 0 Å². The van der Waals surface area contributed by atoms with Crippen LogP contribution in [0.5, 0.6) is 0 Å². The SMILES string of the molecule is CCCCCCCCC(O)CCCCCCCCCCC(CCCC)S(=O)(=O)[O-].[K+]. The molecule has 0 radical (unpaired) electrons. The molecular formula is C24H49KO4S. The standard InChI is InChI=1S/C24H50O4S.K/c1-3-5-7-8-13-16-19-23(25)20-17-14-11-9-10-12-15-18-22-24(21-6-4-2)29(26,27)28;/h23-25H,3-22H2,1-2H3,(H,26,27,28);/q;+1/p-1. The van der Waals surface area contributed by atoms with Crippen LogP contribution in [0.25, 0.3) is 0 Å². The van der Waals surface area contributed by atoms with Crippen molar-refractivity contribution in [1.82, 2.24) is 0 Å². The van der Waals surface area contributed by atoms with Crippen molar-refractivity contribution < 1.29 is 69.5 Å². The molecule has 0 saturated carbocycles. The van der Waals surface area contributed by atoms with Crippen molar-refractivity contribution in [1.29, 1.82) is 0 Å². The Balaban J connectivity index is 0. The minimum Gasteiger partial charge on any atom is -0.748 e.